The number of carbonyl (C=O) groups excluding carboxylic acids is 1. The maximum Gasteiger partial charge on any atom is 0.258 e. The molecule has 1 saturated heterocycles. The summed E-state index contributed by atoms with van der Waals surface area (Å²) in [4.78, 5) is 12.4. The number of hydrazone groups is 1. The number of carbonyl (C=O) groups is 1. The lowest BCUT2D eigenvalue weighted by Gasteiger charge is -2.11. The van der Waals surface area contributed by atoms with Gasteiger partial charge in [0.05, 0.1) is 19.4 Å². The number of hydrogen-bond donors (Lipinski definition) is 3. The molecule has 2 unspecified atom stereocenters. The van der Waals surface area contributed by atoms with Crippen molar-refractivity contribution >= 4 is 11.6 Å². The normalized spacial score (nSPS) is 19.3. The van der Waals surface area contributed by atoms with Crippen molar-refractivity contribution < 1.29 is 14.3 Å². The third-order valence-corrected chi connectivity index (χ3v) is 4.65. The number of nitrogens with one attached hydrogen (secondary N) is 3. The molecule has 2 aromatic rings. The van der Waals surface area contributed by atoms with Gasteiger partial charge in [-0.2, -0.15) is 5.10 Å². The molecule has 3 N–H and O–H groups in total. The third-order valence-electron chi connectivity index (χ3n) is 4.65. The quantitative estimate of drug-likeness (QED) is 0.506. The fraction of sp³-hybridized carbons (Fsp3) is 0.333. The van der Waals surface area contributed by atoms with Gasteiger partial charge in [0.15, 0.2) is 0 Å². The number of ether oxygens (including phenoxy) is 2. The van der Waals surface area contributed by atoms with Crippen LogP contribution in [-0.2, 0) is 4.79 Å². The molecule has 1 aliphatic rings. The summed E-state index contributed by atoms with van der Waals surface area (Å²) < 4.78 is 10.6. The van der Waals surface area contributed by atoms with Gasteiger partial charge in [0.2, 0.25) is 0 Å². The molecule has 0 aromatic heterocycles. The van der Waals surface area contributed by atoms with Gasteiger partial charge >= 0.3 is 0 Å². The highest BCUT2D eigenvalue weighted by Crippen LogP contribution is 2.24. The van der Waals surface area contributed by atoms with E-state index in [0.29, 0.717) is 13.0 Å². The number of rotatable bonds is 7. The second kappa shape index (κ2) is 9.34. The molecule has 0 saturated carbocycles. The first kappa shape index (κ1) is 19.9. The van der Waals surface area contributed by atoms with Crippen LogP contribution in [0.4, 0.5) is 0 Å². The van der Waals surface area contributed by atoms with Gasteiger partial charge in [-0.3, -0.25) is 4.79 Å². The highest BCUT2D eigenvalue weighted by Gasteiger charge is 2.30. The van der Waals surface area contributed by atoms with Crippen LogP contribution in [0, 0.1) is 0 Å². The molecule has 0 aliphatic carbocycles. The number of benzene rings is 2. The highest BCUT2D eigenvalue weighted by atomic mass is 16.5. The maximum absolute atomic E-state index is 12.4. The summed E-state index contributed by atoms with van der Waals surface area (Å²) >= 11 is 0. The molecule has 0 spiro atoms. The average molecular weight is 382 g/mol. The molecule has 3 rings (SSSR count). The van der Waals surface area contributed by atoms with E-state index in [1.54, 1.807) is 7.11 Å². The largest absolute Gasteiger partial charge is 0.497 e. The molecule has 1 amide bonds. The van der Waals surface area contributed by atoms with Gasteiger partial charge < -0.3 is 9.47 Å². The first-order valence-electron chi connectivity index (χ1n) is 9.33. The lowest BCUT2D eigenvalue weighted by atomic mass is 10.0. The molecule has 2 atom stereocenters. The summed E-state index contributed by atoms with van der Waals surface area (Å²) in [6.07, 6.45) is 0.636. The molecule has 2 aromatic carbocycles. The second-order valence-corrected chi connectivity index (χ2v) is 6.53. The van der Waals surface area contributed by atoms with Crippen molar-refractivity contribution in [3.05, 3.63) is 59.7 Å². The molecule has 0 bridgehead atoms. The van der Waals surface area contributed by atoms with Crippen LogP contribution < -0.4 is 25.8 Å². The van der Waals surface area contributed by atoms with E-state index in [4.69, 9.17) is 9.47 Å². The zero-order chi connectivity index (χ0) is 19.9. The number of methoxy groups -OCH3 is 1. The molecule has 1 heterocycles. The van der Waals surface area contributed by atoms with Crippen molar-refractivity contribution in [1.82, 2.24) is 16.3 Å². The fourth-order valence-corrected chi connectivity index (χ4v) is 3.02. The summed E-state index contributed by atoms with van der Waals surface area (Å²) in [6.45, 7) is 4.45. The van der Waals surface area contributed by atoms with Gasteiger partial charge in [-0.1, -0.05) is 12.1 Å². The first-order chi connectivity index (χ1) is 13.6. The van der Waals surface area contributed by atoms with Crippen LogP contribution in [0.2, 0.25) is 0 Å². The van der Waals surface area contributed by atoms with E-state index in [1.807, 2.05) is 62.4 Å². The Labute approximate surface area is 165 Å². The Morgan fingerprint density at radius 3 is 2.43 bits per heavy atom. The Morgan fingerprint density at radius 2 is 1.79 bits per heavy atom. The van der Waals surface area contributed by atoms with Crippen LogP contribution in [0.1, 0.15) is 37.4 Å². The molecule has 28 heavy (non-hydrogen) atoms. The number of hydrazine groups is 1. The second-order valence-electron chi connectivity index (χ2n) is 6.53. The summed E-state index contributed by atoms with van der Waals surface area (Å²) in [6, 6.07) is 15.1. The smallest absolute Gasteiger partial charge is 0.258 e. The molecule has 7 nitrogen and oxygen atoms in total. The summed E-state index contributed by atoms with van der Waals surface area (Å²) in [5.41, 5.74) is 11.6. The number of amides is 1. The molecule has 0 radical (unpaired) electrons. The molecule has 1 aliphatic heterocycles. The van der Waals surface area contributed by atoms with Gasteiger partial charge in [-0.15, -0.1) is 0 Å². The standard InChI is InChI=1S/C21H26N4O3/c1-4-28-18-11-7-16(8-12-18)19-13-20(24-23-19)21(26)25-22-14(2)15-5-9-17(27-3)10-6-15/h5-12,19-20,23-24H,4,13H2,1-3H3,(H,25,26)/b22-14+. The first-order valence-corrected chi connectivity index (χ1v) is 9.33. The minimum atomic E-state index is -0.357. The molecular formula is C21H26N4O3. The Balaban J connectivity index is 1.55. The van der Waals surface area contributed by atoms with E-state index < -0.39 is 0 Å². The van der Waals surface area contributed by atoms with Crippen LogP contribution in [0.15, 0.2) is 53.6 Å². The zero-order valence-corrected chi connectivity index (χ0v) is 16.4. The molecular weight excluding hydrogens is 356 g/mol. The van der Waals surface area contributed by atoms with Crippen LogP contribution in [0.5, 0.6) is 11.5 Å². The van der Waals surface area contributed by atoms with Crippen molar-refractivity contribution in [3.8, 4) is 11.5 Å². The van der Waals surface area contributed by atoms with Gasteiger partial charge in [-0.25, -0.2) is 16.3 Å². The van der Waals surface area contributed by atoms with E-state index in [2.05, 4.69) is 21.4 Å². The fourth-order valence-electron chi connectivity index (χ4n) is 3.02. The monoisotopic (exact) mass is 382 g/mol. The Bertz CT molecular complexity index is 819. The van der Waals surface area contributed by atoms with E-state index >= 15 is 0 Å². The maximum atomic E-state index is 12.4. The lowest BCUT2D eigenvalue weighted by molar-refractivity contribution is -0.122. The third kappa shape index (κ3) is 4.88. The molecule has 1 fully saturated rings. The predicted octanol–water partition coefficient (Wildman–Crippen LogP) is 2.54. The minimum absolute atomic E-state index is 0.0538. The van der Waals surface area contributed by atoms with Crippen molar-refractivity contribution in [2.24, 2.45) is 5.10 Å². The average Bonchev–Trinajstić information content (AvgIpc) is 3.23. The van der Waals surface area contributed by atoms with Gasteiger partial charge in [0.1, 0.15) is 17.5 Å². The Hall–Kier alpha value is -2.90. The van der Waals surface area contributed by atoms with Crippen molar-refractivity contribution in [3.63, 3.8) is 0 Å². The summed E-state index contributed by atoms with van der Waals surface area (Å²) in [5.74, 6) is 1.45. The zero-order valence-electron chi connectivity index (χ0n) is 16.4. The van der Waals surface area contributed by atoms with Crippen molar-refractivity contribution in [2.75, 3.05) is 13.7 Å². The van der Waals surface area contributed by atoms with Crippen LogP contribution in [-0.4, -0.2) is 31.4 Å². The SMILES string of the molecule is CCOc1ccc(C2CC(C(=O)N/N=C(\C)c3ccc(OC)cc3)NN2)cc1. The van der Waals surface area contributed by atoms with E-state index in [1.165, 1.54) is 0 Å². The number of hydrogen-bond acceptors (Lipinski definition) is 6. The minimum Gasteiger partial charge on any atom is -0.497 e. The summed E-state index contributed by atoms with van der Waals surface area (Å²) in [5, 5.41) is 4.22. The Morgan fingerprint density at radius 1 is 1.11 bits per heavy atom. The highest BCUT2D eigenvalue weighted by molar-refractivity contribution is 5.99. The van der Waals surface area contributed by atoms with E-state index in [9.17, 15) is 4.79 Å². The predicted molar refractivity (Wildman–Crippen MR) is 108 cm³/mol. The topological polar surface area (TPSA) is 84.0 Å². The van der Waals surface area contributed by atoms with Gasteiger partial charge in [0, 0.05) is 6.04 Å². The van der Waals surface area contributed by atoms with E-state index in [-0.39, 0.29) is 18.0 Å². The molecule has 7 heteroatoms. The summed E-state index contributed by atoms with van der Waals surface area (Å²) in [7, 11) is 1.62. The molecule has 148 valence electrons. The lowest BCUT2D eigenvalue weighted by Crippen LogP contribution is -2.41. The van der Waals surface area contributed by atoms with Gasteiger partial charge in [0.25, 0.3) is 5.91 Å². The van der Waals surface area contributed by atoms with Crippen LogP contribution >= 0.6 is 0 Å². The van der Waals surface area contributed by atoms with Crippen molar-refractivity contribution in [1.29, 1.82) is 0 Å². The van der Waals surface area contributed by atoms with Crippen molar-refractivity contribution in [2.45, 2.75) is 32.4 Å². The Kier molecular flexibility index (Phi) is 6.62. The van der Waals surface area contributed by atoms with E-state index in [0.717, 1.165) is 28.3 Å². The number of nitrogens with zero attached hydrogens (tertiary/aromatic N) is 1. The van der Waals surface area contributed by atoms with Crippen LogP contribution in [0.25, 0.3) is 0 Å². The van der Waals surface area contributed by atoms with Crippen LogP contribution in [0.3, 0.4) is 0 Å². The van der Waals surface area contributed by atoms with Gasteiger partial charge in [-0.05, 0) is 67.8 Å².